The largest absolute Gasteiger partial charge is 0.487 e. The molecule has 3 unspecified atom stereocenters. The van der Waals surface area contributed by atoms with Crippen molar-refractivity contribution in [3.8, 4) is 5.75 Å². The van der Waals surface area contributed by atoms with Crippen LogP contribution in [0.2, 0.25) is 0 Å². The van der Waals surface area contributed by atoms with Crippen LogP contribution in [0.25, 0.3) is 0 Å². The van der Waals surface area contributed by atoms with Gasteiger partial charge in [0.25, 0.3) is 0 Å². The van der Waals surface area contributed by atoms with Gasteiger partial charge in [0.2, 0.25) is 0 Å². The molecule has 2 fully saturated rings. The van der Waals surface area contributed by atoms with E-state index in [4.69, 9.17) is 4.74 Å². The fourth-order valence-corrected chi connectivity index (χ4v) is 5.32. The van der Waals surface area contributed by atoms with Crippen molar-refractivity contribution in [1.29, 1.82) is 0 Å². The van der Waals surface area contributed by atoms with Gasteiger partial charge in [0.1, 0.15) is 23.0 Å². The Morgan fingerprint density at radius 1 is 1.06 bits per heavy atom. The highest BCUT2D eigenvalue weighted by Crippen LogP contribution is 2.49. The fraction of sp³-hybridized carbons (Fsp3) is 0.519. The Morgan fingerprint density at radius 3 is 2.33 bits per heavy atom. The third-order valence-corrected chi connectivity index (χ3v) is 7.47. The summed E-state index contributed by atoms with van der Waals surface area (Å²) in [5.41, 5.74) is 1.53. The van der Waals surface area contributed by atoms with Crippen LogP contribution in [0.15, 0.2) is 42.5 Å². The molecule has 2 N–H and O–H groups in total. The minimum atomic E-state index is -0.530. The van der Waals surface area contributed by atoms with Gasteiger partial charge >= 0.3 is 6.03 Å². The molecule has 1 heterocycles. The summed E-state index contributed by atoms with van der Waals surface area (Å²) in [6.45, 7) is 6.01. The zero-order valence-corrected chi connectivity index (χ0v) is 19.7. The van der Waals surface area contributed by atoms with Gasteiger partial charge in [-0.1, -0.05) is 51.0 Å². The summed E-state index contributed by atoms with van der Waals surface area (Å²) in [7, 11) is 0. The average molecular weight is 457 g/mol. The van der Waals surface area contributed by atoms with Gasteiger partial charge in [-0.2, -0.15) is 0 Å². The van der Waals surface area contributed by atoms with Crippen molar-refractivity contribution >= 4 is 6.03 Å². The van der Waals surface area contributed by atoms with Gasteiger partial charge in [-0.15, -0.1) is 0 Å². The number of fused-ring (bicyclic) bond motifs is 1. The normalized spacial score (nSPS) is 26.1. The van der Waals surface area contributed by atoms with E-state index in [0.717, 1.165) is 49.5 Å². The van der Waals surface area contributed by atoms with E-state index in [1.807, 2.05) is 18.2 Å². The molecule has 2 aromatic carbocycles. The van der Waals surface area contributed by atoms with Crippen molar-refractivity contribution in [1.82, 2.24) is 10.6 Å². The standard InChI is InChI=1S/C20H28N2O2.C7H6F2/c1-3-13-14(4-2)18(13)22-19(23)21-16-12-20(10-7-11-20)24-17-9-6-5-8-15(16)17;1-5-2-3-6(8)4-7(5)9/h5-6,8-9,13-14,16,18H,3-4,7,10-12H2,1-2H3,(H2,21,22,23);2-4H,1H3. The first-order valence-corrected chi connectivity index (χ1v) is 12.1. The van der Waals surface area contributed by atoms with E-state index in [0.29, 0.717) is 23.4 Å². The maximum atomic E-state index is 12.5. The SMILES string of the molecule is CCC1C(CC)C1NC(=O)NC1CC2(CCC2)Oc2ccccc21.Cc1ccc(F)cc1F. The first-order valence-electron chi connectivity index (χ1n) is 12.1. The molecule has 0 radical (unpaired) electrons. The highest BCUT2D eigenvalue weighted by molar-refractivity contribution is 5.75. The minimum absolute atomic E-state index is 0.0226. The zero-order chi connectivity index (χ0) is 23.6. The molecular weight excluding hydrogens is 422 g/mol. The van der Waals surface area contributed by atoms with Crippen molar-refractivity contribution in [3.63, 3.8) is 0 Å². The van der Waals surface area contributed by atoms with Gasteiger partial charge in [-0.25, -0.2) is 13.6 Å². The average Bonchev–Trinajstić information content (AvgIpc) is 3.46. The number of hydrogen-bond donors (Lipinski definition) is 2. The second kappa shape index (κ2) is 9.70. The van der Waals surface area contributed by atoms with Crippen LogP contribution in [0.4, 0.5) is 13.6 Å². The quantitative estimate of drug-likeness (QED) is 0.556. The number of nitrogens with one attached hydrogen (secondary N) is 2. The molecule has 2 amide bonds. The molecule has 2 saturated carbocycles. The monoisotopic (exact) mass is 456 g/mol. The Hall–Kier alpha value is -2.63. The van der Waals surface area contributed by atoms with Crippen molar-refractivity contribution in [2.24, 2.45) is 11.8 Å². The minimum Gasteiger partial charge on any atom is -0.487 e. The maximum absolute atomic E-state index is 12.5. The number of rotatable bonds is 4. The number of hydrogen-bond acceptors (Lipinski definition) is 2. The number of urea groups is 1. The van der Waals surface area contributed by atoms with Gasteiger partial charge in [0, 0.05) is 24.1 Å². The van der Waals surface area contributed by atoms with E-state index in [-0.39, 0.29) is 17.7 Å². The van der Waals surface area contributed by atoms with Crippen LogP contribution < -0.4 is 15.4 Å². The van der Waals surface area contributed by atoms with Crippen LogP contribution in [-0.2, 0) is 0 Å². The number of amides is 2. The number of para-hydroxylation sites is 1. The van der Waals surface area contributed by atoms with Crippen molar-refractivity contribution in [2.75, 3.05) is 0 Å². The number of benzene rings is 2. The maximum Gasteiger partial charge on any atom is 0.315 e. The second-order valence-electron chi connectivity index (χ2n) is 9.61. The van der Waals surface area contributed by atoms with Crippen LogP contribution in [0.1, 0.15) is 69.5 Å². The van der Waals surface area contributed by atoms with E-state index < -0.39 is 11.6 Å². The first kappa shape index (κ1) is 23.5. The Bertz CT molecular complexity index is 982. The van der Waals surface area contributed by atoms with Crippen LogP contribution in [0, 0.1) is 30.4 Å². The number of halogens is 2. The van der Waals surface area contributed by atoms with E-state index >= 15 is 0 Å². The molecule has 0 aromatic heterocycles. The molecule has 5 rings (SSSR count). The second-order valence-corrected chi connectivity index (χ2v) is 9.61. The van der Waals surface area contributed by atoms with Crippen LogP contribution in [0.5, 0.6) is 5.75 Å². The smallest absolute Gasteiger partial charge is 0.315 e. The molecule has 1 aliphatic heterocycles. The molecular formula is C27H34F2N2O2. The predicted octanol–water partition coefficient (Wildman–Crippen LogP) is 6.44. The molecule has 4 nitrogen and oxygen atoms in total. The summed E-state index contributed by atoms with van der Waals surface area (Å²) < 4.78 is 30.7. The van der Waals surface area contributed by atoms with Crippen LogP contribution in [-0.4, -0.2) is 17.7 Å². The van der Waals surface area contributed by atoms with Gasteiger partial charge in [-0.3, -0.25) is 0 Å². The summed E-state index contributed by atoms with van der Waals surface area (Å²) in [5, 5.41) is 6.44. The Morgan fingerprint density at radius 2 is 1.76 bits per heavy atom. The summed E-state index contributed by atoms with van der Waals surface area (Å²) >= 11 is 0. The van der Waals surface area contributed by atoms with Gasteiger partial charge < -0.3 is 15.4 Å². The lowest BCUT2D eigenvalue weighted by Crippen LogP contribution is -2.51. The molecule has 2 aromatic rings. The molecule has 1 spiro atoms. The lowest BCUT2D eigenvalue weighted by molar-refractivity contribution is -0.0355. The molecule has 33 heavy (non-hydrogen) atoms. The first-order chi connectivity index (χ1) is 15.9. The summed E-state index contributed by atoms with van der Waals surface area (Å²) in [5.74, 6) is 1.23. The fourth-order valence-electron chi connectivity index (χ4n) is 5.32. The van der Waals surface area contributed by atoms with E-state index in [2.05, 4.69) is 30.5 Å². The lowest BCUT2D eigenvalue weighted by Gasteiger charge is -2.48. The highest BCUT2D eigenvalue weighted by atomic mass is 19.1. The number of ether oxygens (including phenoxy) is 1. The van der Waals surface area contributed by atoms with Crippen molar-refractivity contribution in [3.05, 3.63) is 65.2 Å². The summed E-state index contributed by atoms with van der Waals surface area (Å²) in [6, 6.07) is 12.0. The predicted molar refractivity (Wildman–Crippen MR) is 125 cm³/mol. The molecule has 6 heteroatoms. The van der Waals surface area contributed by atoms with E-state index in [1.54, 1.807) is 6.92 Å². The number of carbonyl (C=O) groups is 1. The number of aryl methyl sites for hydroxylation is 1. The molecule has 0 bridgehead atoms. The number of carbonyl (C=O) groups excluding carboxylic acids is 1. The Labute approximate surface area is 195 Å². The zero-order valence-electron chi connectivity index (χ0n) is 19.7. The lowest BCUT2D eigenvalue weighted by atomic mass is 9.73. The van der Waals surface area contributed by atoms with E-state index in [9.17, 15) is 13.6 Å². The highest BCUT2D eigenvalue weighted by Gasteiger charge is 2.49. The topological polar surface area (TPSA) is 50.4 Å². The van der Waals surface area contributed by atoms with E-state index in [1.165, 1.54) is 18.6 Å². The Kier molecular flexibility index (Phi) is 6.91. The molecule has 0 saturated heterocycles. The van der Waals surface area contributed by atoms with Crippen molar-refractivity contribution in [2.45, 2.75) is 77.0 Å². The summed E-state index contributed by atoms with van der Waals surface area (Å²) in [6.07, 6.45) is 6.59. The van der Waals surface area contributed by atoms with Crippen LogP contribution >= 0.6 is 0 Å². The van der Waals surface area contributed by atoms with Gasteiger partial charge in [-0.05, 0) is 55.7 Å². The molecule has 3 atom stereocenters. The molecule has 178 valence electrons. The van der Waals surface area contributed by atoms with Crippen LogP contribution in [0.3, 0.4) is 0 Å². The third-order valence-electron chi connectivity index (χ3n) is 7.47. The van der Waals surface area contributed by atoms with Gasteiger partial charge in [0.05, 0.1) is 6.04 Å². The molecule has 3 aliphatic rings. The molecule has 2 aliphatic carbocycles. The summed E-state index contributed by atoms with van der Waals surface area (Å²) in [4.78, 5) is 12.5. The Balaban J connectivity index is 0.000000243. The third kappa shape index (κ3) is 5.15. The van der Waals surface area contributed by atoms with Gasteiger partial charge in [0.15, 0.2) is 0 Å². The van der Waals surface area contributed by atoms with Crippen molar-refractivity contribution < 1.29 is 18.3 Å².